The van der Waals surface area contributed by atoms with Gasteiger partial charge in [0.05, 0.1) is 11.6 Å². The summed E-state index contributed by atoms with van der Waals surface area (Å²) in [5, 5.41) is 7.86. The van der Waals surface area contributed by atoms with Crippen molar-refractivity contribution in [1.29, 1.82) is 5.26 Å². The van der Waals surface area contributed by atoms with Gasteiger partial charge in [0, 0.05) is 6.20 Å². The summed E-state index contributed by atoms with van der Waals surface area (Å²) < 4.78 is 29.5. The SMILES string of the molecule is N#Cc1ccnc(S(=O)(=O)O)c1. The molecule has 1 heterocycles. The van der Waals surface area contributed by atoms with Crippen LogP contribution in [0, 0.1) is 11.3 Å². The van der Waals surface area contributed by atoms with Crippen molar-refractivity contribution in [3.05, 3.63) is 23.9 Å². The third kappa shape index (κ3) is 1.78. The molecule has 0 spiro atoms. The smallest absolute Gasteiger partial charge is 0.281 e. The Morgan fingerprint density at radius 2 is 2.25 bits per heavy atom. The van der Waals surface area contributed by atoms with E-state index in [1.165, 1.54) is 6.07 Å². The average molecular weight is 184 g/mol. The summed E-state index contributed by atoms with van der Waals surface area (Å²) in [6, 6.07) is 4.06. The van der Waals surface area contributed by atoms with Crippen LogP contribution >= 0.6 is 0 Å². The summed E-state index contributed by atoms with van der Waals surface area (Å²) in [6.45, 7) is 0. The molecule has 5 nitrogen and oxygen atoms in total. The van der Waals surface area contributed by atoms with Crippen LogP contribution in [-0.4, -0.2) is 18.0 Å². The molecule has 0 aliphatic rings. The Balaban J connectivity index is 3.32. The van der Waals surface area contributed by atoms with Crippen molar-refractivity contribution in [2.75, 3.05) is 0 Å². The topological polar surface area (TPSA) is 91.0 Å². The molecule has 1 N–H and O–H groups in total. The standard InChI is InChI=1S/C6H4N2O3S/c7-4-5-1-2-8-6(3-5)12(9,10)11/h1-3H,(H,9,10,11). The highest BCUT2D eigenvalue weighted by molar-refractivity contribution is 7.85. The molecule has 0 radical (unpaired) electrons. The maximum absolute atomic E-state index is 10.5. The first-order chi connectivity index (χ1) is 5.54. The number of hydrogen-bond acceptors (Lipinski definition) is 4. The molecule has 0 atom stereocenters. The largest absolute Gasteiger partial charge is 0.312 e. The molecule has 0 fully saturated rings. The third-order valence-electron chi connectivity index (χ3n) is 1.13. The van der Waals surface area contributed by atoms with Gasteiger partial charge in [-0.15, -0.1) is 0 Å². The van der Waals surface area contributed by atoms with Crippen molar-refractivity contribution in [1.82, 2.24) is 4.98 Å². The quantitative estimate of drug-likeness (QED) is 0.629. The monoisotopic (exact) mass is 184 g/mol. The maximum atomic E-state index is 10.5. The minimum absolute atomic E-state index is 0.137. The highest BCUT2D eigenvalue weighted by atomic mass is 32.2. The molecule has 0 aliphatic heterocycles. The summed E-state index contributed by atoms with van der Waals surface area (Å²) in [5.41, 5.74) is 0.137. The van der Waals surface area contributed by atoms with E-state index < -0.39 is 15.1 Å². The van der Waals surface area contributed by atoms with Crippen molar-refractivity contribution >= 4 is 10.1 Å². The fraction of sp³-hybridized carbons (Fsp3) is 0. The summed E-state index contributed by atoms with van der Waals surface area (Å²) in [6.07, 6.45) is 1.14. The lowest BCUT2D eigenvalue weighted by Gasteiger charge is -1.93. The highest BCUT2D eigenvalue weighted by Crippen LogP contribution is 2.05. The third-order valence-corrected chi connectivity index (χ3v) is 1.88. The second kappa shape index (κ2) is 2.89. The van der Waals surface area contributed by atoms with Crippen molar-refractivity contribution in [3.63, 3.8) is 0 Å². The maximum Gasteiger partial charge on any atom is 0.312 e. The predicted octanol–water partition coefficient (Wildman–Crippen LogP) is 0.200. The molecule has 0 amide bonds. The molecule has 1 aromatic rings. The number of nitrogens with zero attached hydrogens (tertiary/aromatic N) is 2. The highest BCUT2D eigenvalue weighted by Gasteiger charge is 2.10. The van der Waals surface area contributed by atoms with Gasteiger partial charge in [0.25, 0.3) is 0 Å². The normalized spacial score (nSPS) is 10.7. The predicted molar refractivity (Wildman–Crippen MR) is 38.8 cm³/mol. The van der Waals surface area contributed by atoms with Crippen LogP contribution in [0.15, 0.2) is 23.4 Å². The number of aromatic nitrogens is 1. The fourth-order valence-corrected chi connectivity index (χ4v) is 1.09. The number of pyridine rings is 1. The van der Waals surface area contributed by atoms with Crippen molar-refractivity contribution in [2.24, 2.45) is 0 Å². The van der Waals surface area contributed by atoms with Crippen LogP contribution in [0.1, 0.15) is 5.56 Å². The van der Waals surface area contributed by atoms with Gasteiger partial charge >= 0.3 is 10.1 Å². The van der Waals surface area contributed by atoms with Crippen LogP contribution in [0.5, 0.6) is 0 Å². The summed E-state index contributed by atoms with van der Waals surface area (Å²) in [5.74, 6) is 0. The van der Waals surface area contributed by atoms with Gasteiger partial charge in [-0.1, -0.05) is 0 Å². The van der Waals surface area contributed by atoms with E-state index >= 15 is 0 Å². The molecule has 0 saturated heterocycles. The molecular formula is C6H4N2O3S. The summed E-state index contributed by atoms with van der Waals surface area (Å²) >= 11 is 0. The zero-order chi connectivity index (χ0) is 9.19. The van der Waals surface area contributed by atoms with Crippen LogP contribution in [0.3, 0.4) is 0 Å². The summed E-state index contributed by atoms with van der Waals surface area (Å²) in [7, 11) is -4.30. The Kier molecular flexibility index (Phi) is 2.08. The second-order valence-corrected chi connectivity index (χ2v) is 3.34. The first-order valence-corrected chi connectivity index (χ1v) is 4.31. The Morgan fingerprint density at radius 1 is 1.58 bits per heavy atom. The van der Waals surface area contributed by atoms with Crippen molar-refractivity contribution < 1.29 is 13.0 Å². The summed E-state index contributed by atoms with van der Waals surface area (Å²) in [4.78, 5) is 3.37. The van der Waals surface area contributed by atoms with Crippen LogP contribution in [-0.2, 0) is 10.1 Å². The van der Waals surface area contributed by atoms with Gasteiger partial charge < -0.3 is 0 Å². The average Bonchev–Trinajstić information content (AvgIpc) is 2.03. The van der Waals surface area contributed by atoms with Crippen LogP contribution in [0.2, 0.25) is 0 Å². The zero-order valence-electron chi connectivity index (χ0n) is 5.80. The molecule has 1 rings (SSSR count). The molecule has 1 aromatic heterocycles. The lowest BCUT2D eigenvalue weighted by atomic mass is 10.3. The Bertz CT molecular complexity index is 432. The van der Waals surface area contributed by atoms with Gasteiger partial charge in [-0.25, -0.2) is 4.98 Å². The van der Waals surface area contributed by atoms with E-state index in [9.17, 15) is 8.42 Å². The lowest BCUT2D eigenvalue weighted by Crippen LogP contribution is -2.00. The minimum Gasteiger partial charge on any atom is -0.281 e. The van der Waals surface area contributed by atoms with E-state index in [4.69, 9.17) is 9.81 Å². The van der Waals surface area contributed by atoms with Gasteiger partial charge in [-0.3, -0.25) is 4.55 Å². The fourth-order valence-electron chi connectivity index (χ4n) is 0.620. The van der Waals surface area contributed by atoms with Gasteiger partial charge in [0.2, 0.25) is 0 Å². The minimum atomic E-state index is -4.30. The van der Waals surface area contributed by atoms with Gasteiger partial charge in [0.15, 0.2) is 5.03 Å². The Labute approximate surface area is 69.0 Å². The molecule has 0 bridgehead atoms. The number of nitriles is 1. The number of hydrogen-bond donors (Lipinski definition) is 1. The molecule has 62 valence electrons. The van der Waals surface area contributed by atoms with E-state index in [0.29, 0.717) is 0 Å². The van der Waals surface area contributed by atoms with Crippen molar-refractivity contribution in [3.8, 4) is 6.07 Å². The first kappa shape index (κ1) is 8.64. The van der Waals surface area contributed by atoms with E-state index in [1.807, 2.05) is 0 Å². The Morgan fingerprint density at radius 3 is 2.75 bits per heavy atom. The van der Waals surface area contributed by atoms with Gasteiger partial charge in [-0.2, -0.15) is 13.7 Å². The van der Waals surface area contributed by atoms with E-state index in [-0.39, 0.29) is 5.56 Å². The van der Waals surface area contributed by atoms with Gasteiger partial charge in [0.1, 0.15) is 0 Å². The molecular weight excluding hydrogens is 180 g/mol. The molecule has 0 saturated carbocycles. The lowest BCUT2D eigenvalue weighted by molar-refractivity contribution is 0.479. The van der Waals surface area contributed by atoms with E-state index in [2.05, 4.69) is 4.98 Å². The molecule has 0 aliphatic carbocycles. The molecule has 0 aromatic carbocycles. The zero-order valence-corrected chi connectivity index (χ0v) is 6.61. The van der Waals surface area contributed by atoms with Gasteiger partial charge in [-0.05, 0) is 12.1 Å². The number of rotatable bonds is 1. The molecule has 0 unspecified atom stereocenters. The first-order valence-electron chi connectivity index (χ1n) is 2.87. The Hall–Kier alpha value is -1.45. The van der Waals surface area contributed by atoms with E-state index in [1.54, 1.807) is 6.07 Å². The second-order valence-electron chi connectivity index (χ2n) is 1.97. The van der Waals surface area contributed by atoms with Crippen molar-refractivity contribution in [2.45, 2.75) is 5.03 Å². The van der Waals surface area contributed by atoms with Crippen LogP contribution in [0.25, 0.3) is 0 Å². The molecule has 12 heavy (non-hydrogen) atoms. The van der Waals surface area contributed by atoms with E-state index in [0.717, 1.165) is 12.3 Å². The van der Waals surface area contributed by atoms with Crippen LogP contribution < -0.4 is 0 Å². The molecule has 6 heteroatoms. The van der Waals surface area contributed by atoms with Crippen LogP contribution in [0.4, 0.5) is 0 Å².